The van der Waals surface area contributed by atoms with Gasteiger partial charge in [0, 0.05) is 44.1 Å². The summed E-state index contributed by atoms with van der Waals surface area (Å²) in [5.41, 5.74) is 2.66. The summed E-state index contributed by atoms with van der Waals surface area (Å²) in [5.74, 6) is -0.0336. The molecule has 1 amide bonds. The topological polar surface area (TPSA) is 78.8 Å². The lowest BCUT2D eigenvalue weighted by molar-refractivity contribution is 0.0620. The average Bonchev–Trinajstić information content (AvgIpc) is 3.82. The highest BCUT2D eigenvalue weighted by molar-refractivity contribution is 7.91. The zero-order valence-corrected chi connectivity index (χ0v) is 26.7. The van der Waals surface area contributed by atoms with Gasteiger partial charge in [0.25, 0.3) is 5.91 Å². The number of likely N-dealkylation sites (tertiary alicyclic amines) is 1. The van der Waals surface area contributed by atoms with E-state index in [4.69, 9.17) is 16.7 Å². The van der Waals surface area contributed by atoms with Crippen molar-refractivity contribution in [2.45, 2.75) is 24.7 Å². The Morgan fingerprint density at radius 3 is 2.28 bits per heavy atom. The first kappa shape index (κ1) is 30.0. The SMILES string of the molecule is CCS(=O)(=O)c1cccc(-c2ccc(-c3cc(C(=O)N4CCN(CCN5CCCC5)CC4)nn3-c3ccccc3Cl)s2)c1. The van der Waals surface area contributed by atoms with E-state index < -0.39 is 9.84 Å². The van der Waals surface area contributed by atoms with Crippen molar-refractivity contribution < 1.29 is 13.2 Å². The fourth-order valence-corrected chi connectivity index (χ4v) is 7.88. The number of rotatable bonds is 9. The van der Waals surface area contributed by atoms with E-state index in [-0.39, 0.29) is 11.7 Å². The molecule has 0 spiro atoms. The van der Waals surface area contributed by atoms with Crippen molar-refractivity contribution in [2.75, 3.05) is 58.1 Å². The molecule has 2 aliphatic rings. The number of carbonyl (C=O) groups excluding carboxylic acids is 1. The molecule has 2 fully saturated rings. The summed E-state index contributed by atoms with van der Waals surface area (Å²) in [6, 6.07) is 20.3. The Morgan fingerprint density at radius 2 is 1.56 bits per heavy atom. The van der Waals surface area contributed by atoms with Gasteiger partial charge in [-0.25, -0.2) is 13.1 Å². The van der Waals surface area contributed by atoms with Crippen molar-refractivity contribution in [1.82, 2.24) is 24.5 Å². The molecule has 226 valence electrons. The number of para-hydroxylation sites is 1. The van der Waals surface area contributed by atoms with E-state index in [1.54, 1.807) is 29.8 Å². The lowest BCUT2D eigenvalue weighted by Crippen LogP contribution is -2.50. The summed E-state index contributed by atoms with van der Waals surface area (Å²) in [7, 11) is -3.32. The molecular formula is C32H36ClN5O3S2. The van der Waals surface area contributed by atoms with Gasteiger partial charge in [0.2, 0.25) is 0 Å². The van der Waals surface area contributed by atoms with Gasteiger partial charge in [-0.05, 0) is 74.0 Å². The number of hydrogen-bond acceptors (Lipinski definition) is 7. The molecule has 11 heteroatoms. The molecule has 2 aromatic carbocycles. The molecule has 0 aliphatic carbocycles. The van der Waals surface area contributed by atoms with Crippen LogP contribution in [0.4, 0.5) is 0 Å². The van der Waals surface area contributed by atoms with Gasteiger partial charge in [-0.15, -0.1) is 11.3 Å². The van der Waals surface area contributed by atoms with E-state index in [0.717, 1.165) is 47.2 Å². The van der Waals surface area contributed by atoms with Crippen LogP contribution in [0.1, 0.15) is 30.3 Å². The van der Waals surface area contributed by atoms with Gasteiger partial charge in [-0.2, -0.15) is 5.10 Å². The third-order valence-corrected chi connectivity index (χ3v) is 11.5. The second kappa shape index (κ2) is 12.9. The van der Waals surface area contributed by atoms with E-state index in [0.29, 0.717) is 34.4 Å². The van der Waals surface area contributed by atoms with Gasteiger partial charge in [-0.3, -0.25) is 9.69 Å². The van der Waals surface area contributed by atoms with Crippen molar-refractivity contribution in [1.29, 1.82) is 0 Å². The second-order valence-corrected chi connectivity index (χ2v) is 14.8. The molecule has 8 nitrogen and oxygen atoms in total. The minimum atomic E-state index is -3.32. The number of piperazine rings is 1. The highest BCUT2D eigenvalue weighted by Crippen LogP contribution is 2.37. The Bertz CT molecular complexity index is 1700. The zero-order valence-electron chi connectivity index (χ0n) is 24.3. The standard InChI is InChI=1S/C32H36ClN5O3S2/c1-2-43(40,41)25-9-7-8-24(22-25)30-12-13-31(42-30)29-23-27(34-38(29)28-11-4-3-10-26(28)33)32(39)37-20-18-36(19-21-37)17-16-35-14-5-6-15-35/h3-4,7-13,22-23H,2,5-6,14-21H2,1H3. The summed E-state index contributed by atoms with van der Waals surface area (Å²) >= 11 is 8.13. The number of benzene rings is 2. The minimum Gasteiger partial charge on any atom is -0.335 e. The molecule has 4 heterocycles. The monoisotopic (exact) mass is 637 g/mol. The molecule has 43 heavy (non-hydrogen) atoms. The highest BCUT2D eigenvalue weighted by Gasteiger charge is 2.27. The Balaban J connectivity index is 1.25. The number of thiophene rings is 1. The molecule has 0 bridgehead atoms. The largest absolute Gasteiger partial charge is 0.335 e. The molecule has 0 radical (unpaired) electrons. The number of halogens is 1. The summed E-state index contributed by atoms with van der Waals surface area (Å²) in [6.45, 7) is 9.26. The molecular weight excluding hydrogens is 602 g/mol. The third kappa shape index (κ3) is 6.58. The third-order valence-electron chi connectivity index (χ3n) is 8.32. The van der Waals surface area contributed by atoms with Gasteiger partial charge in [0.15, 0.2) is 15.5 Å². The van der Waals surface area contributed by atoms with Gasteiger partial charge >= 0.3 is 0 Å². The number of aromatic nitrogens is 2. The predicted molar refractivity (Wildman–Crippen MR) is 173 cm³/mol. The summed E-state index contributed by atoms with van der Waals surface area (Å²) in [4.78, 5) is 22.7. The summed E-state index contributed by atoms with van der Waals surface area (Å²) in [5, 5.41) is 5.32. The molecule has 0 saturated carbocycles. The minimum absolute atomic E-state index is 0.0492. The average molecular weight is 638 g/mol. The zero-order chi connectivity index (χ0) is 30.0. The molecule has 2 saturated heterocycles. The summed E-state index contributed by atoms with van der Waals surface area (Å²) in [6.07, 6.45) is 2.60. The Morgan fingerprint density at radius 1 is 0.860 bits per heavy atom. The normalized spacial score (nSPS) is 16.7. The van der Waals surface area contributed by atoms with Gasteiger partial charge < -0.3 is 9.80 Å². The van der Waals surface area contributed by atoms with Gasteiger partial charge in [0.1, 0.15) is 0 Å². The van der Waals surface area contributed by atoms with Crippen LogP contribution in [0.5, 0.6) is 0 Å². The first-order valence-electron chi connectivity index (χ1n) is 14.8. The van der Waals surface area contributed by atoms with Crippen molar-refractivity contribution in [3.05, 3.63) is 77.4 Å². The number of sulfone groups is 1. The molecule has 2 aliphatic heterocycles. The first-order chi connectivity index (χ1) is 20.8. The number of hydrogen-bond donors (Lipinski definition) is 0. The quantitative estimate of drug-likeness (QED) is 0.239. The van der Waals surface area contributed by atoms with Crippen LogP contribution in [0.15, 0.2) is 71.6 Å². The highest BCUT2D eigenvalue weighted by atomic mass is 35.5. The van der Waals surface area contributed by atoms with Gasteiger partial charge in [-0.1, -0.05) is 42.8 Å². The van der Waals surface area contributed by atoms with Crippen LogP contribution >= 0.6 is 22.9 Å². The van der Waals surface area contributed by atoms with Crippen LogP contribution in [0.25, 0.3) is 26.7 Å². The predicted octanol–water partition coefficient (Wildman–Crippen LogP) is 5.57. The van der Waals surface area contributed by atoms with Crippen molar-refractivity contribution in [3.63, 3.8) is 0 Å². The van der Waals surface area contributed by atoms with Gasteiger partial charge in [0.05, 0.1) is 31.9 Å². The maximum Gasteiger partial charge on any atom is 0.274 e. The lowest BCUT2D eigenvalue weighted by atomic mass is 10.2. The molecule has 6 rings (SSSR count). The Kier molecular flexibility index (Phi) is 9.02. The number of nitrogens with zero attached hydrogens (tertiary/aromatic N) is 5. The van der Waals surface area contributed by atoms with Crippen LogP contribution < -0.4 is 0 Å². The van der Waals surface area contributed by atoms with Crippen molar-refractivity contribution >= 4 is 38.7 Å². The Hall–Kier alpha value is -3.02. The van der Waals surface area contributed by atoms with Crippen molar-refractivity contribution in [2.24, 2.45) is 0 Å². The Labute approximate surface area is 262 Å². The lowest BCUT2D eigenvalue weighted by Gasteiger charge is -2.35. The second-order valence-electron chi connectivity index (χ2n) is 11.1. The van der Waals surface area contributed by atoms with E-state index in [2.05, 4.69) is 9.80 Å². The number of carbonyl (C=O) groups is 1. The fraction of sp³-hybridized carbons (Fsp3) is 0.375. The molecule has 0 N–H and O–H groups in total. The smallest absolute Gasteiger partial charge is 0.274 e. The van der Waals surface area contributed by atoms with E-state index >= 15 is 0 Å². The molecule has 4 aromatic rings. The van der Waals surface area contributed by atoms with Crippen molar-refractivity contribution in [3.8, 4) is 26.7 Å². The van der Waals surface area contributed by atoms with Crippen LogP contribution in [0.3, 0.4) is 0 Å². The van der Waals surface area contributed by atoms with Crippen LogP contribution in [-0.4, -0.2) is 96.9 Å². The summed E-state index contributed by atoms with van der Waals surface area (Å²) < 4.78 is 26.7. The van der Waals surface area contributed by atoms with Crippen LogP contribution in [-0.2, 0) is 9.84 Å². The van der Waals surface area contributed by atoms with Crippen LogP contribution in [0, 0.1) is 0 Å². The molecule has 0 unspecified atom stereocenters. The van der Waals surface area contributed by atoms with E-state index in [9.17, 15) is 13.2 Å². The maximum atomic E-state index is 13.7. The van der Waals surface area contributed by atoms with E-state index in [1.165, 1.54) is 37.3 Å². The van der Waals surface area contributed by atoms with Crippen LogP contribution in [0.2, 0.25) is 5.02 Å². The number of amides is 1. The maximum absolute atomic E-state index is 13.7. The fourth-order valence-electron chi connectivity index (χ4n) is 5.73. The van der Waals surface area contributed by atoms with E-state index in [1.807, 2.05) is 53.4 Å². The molecule has 0 atom stereocenters. The first-order valence-corrected chi connectivity index (χ1v) is 17.7. The molecule has 2 aromatic heterocycles.